The maximum Gasteiger partial charge on any atom is 0.339 e. The van der Waals surface area contributed by atoms with Crippen LogP contribution in [0.1, 0.15) is 56.8 Å². The average molecular weight is 310 g/mol. The molecule has 0 aromatic heterocycles. The molecule has 0 atom stereocenters. The summed E-state index contributed by atoms with van der Waals surface area (Å²) in [6, 6.07) is 6.74. The summed E-state index contributed by atoms with van der Waals surface area (Å²) in [5.41, 5.74) is 0.234. The van der Waals surface area contributed by atoms with Gasteiger partial charge in [-0.1, -0.05) is 52.2 Å². The van der Waals surface area contributed by atoms with Gasteiger partial charge in [-0.25, -0.2) is 4.79 Å². The number of unbranched alkanes of at least 4 members (excludes halogenated alkanes) is 3. The van der Waals surface area contributed by atoms with Gasteiger partial charge < -0.3 is 14.9 Å². The number of ether oxygens (including phenoxy) is 1. The fourth-order valence-corrected chi connectivity index (χ4v) is 1.48. The van der Waals surface area contributed by atoms with Crippen LogP contribution in [0.5, 0.6) is 5.75 Å². The molecule has 5 nitrogen and oxygen atoms in total. The Morgan fingerprint density at radius 1 is 1.09 bits per heavy atom. The molecule has 124 valence electrons. The molecule has 2 N–H and O–H groups in total. The van der Waals surface area contributed by atoms with E-state index in [1.165, 1.54) is 12.8 Å². The van der Waals surface area contributed by atoms with Crippen LogP contribution < -0.4 is 4.74 Å². The predicted molar refractivity (Wildman–Crippen MR) is 85.5 cm³/mol. The predicted octanol–water partition coefficient (Wildman–Crippen LogP) is 4.07. The third kappa shape index (κ3) is 9.00. The van der Waals surface area contributed by atoms with E-state index >= 15 is 0 Å². The molecular weight excluding hydrogens is 284 g/mol. The first-order valence-corrected chi connectivity index (χ1v) is 7.58. The second-order valence-corrected chi connectivity index (χ2v) is 5.20. The molecule has 1 aromatic carbocycles. The van der Waals surface area contributed by atoms with Gasteiger partial charge in [-0.2, -0.15) is 0 Å². The van der Waals surface area contributed by atoms with Crippen molar-refractivity contribution >= 4 is 11.9 Å². The zero-order chi connectivity index (χ0) is 17.0. The Morgan fingerprint density at radius 2 is 1.68 bits per heavy atom. The molecule has 0 aliphatic carbocycles. The number of carboxylic acid groups (broad SMARTS) is 2. The summed E-state index contributed by atoms with van der Waals surface area (Å²) in [5, 5.41) is 16.9. The van der Waals surface area contributed by atoms with E-state index in [0.717, 1.165) is 12.8 Å². The molecule has 0 spiro atoms. The minimum atomic E-state index is -0.941. The van der Waals surface area contributed by atoms with E-state index < -0.39 is 11.9 Å². The summed E-state index contributed by atoms with van der Waals surface area (Å²) in [6.07, 6.45) is 4.49. The average Bonchev–Trinajstić information content (AvgIpc) is 2.48. The Balaban J connectivity index is 0.000000626. The molecule has 0 saturated heterocycles. The topological polar surface area (TPSA) is 83.8 Å². The first kappa shape index (κ1) is 20.0. The van der Waals surface area contributed by atoms with Crippen LogP contribution in [0.25, 0.3) is 0 Å². The van der Waals surface area contributed by atoms with Gasteiger partial charge >= 0.3 is 11.9 Å². The number of aromatic carboxylic acids is 1. The van der Waals surface area contributed by atoms with E-state index in [-0.39, 0.29) is 11.5 Å². The number of carboxylic acids is 2. The van der Waals surface area contributed by atoms with Crippen molar-refractivity contribution in [3.63, 3.8) is 0 Å². The first-order chi connectivity index (χ1) is 10.4. The van der Waals surface area contributed by atoms with E-state index in [4.69, 9.17) is 14.9 Å². The summed E-state index contributed by atoms with van der Waals surface area (Å²) in [4.78, 5) is 20.6. The Kier molecular flexibility index (Phi) is 10.5. The lowest BCUT2D eigenvalue weighted by molar-refractivity contribution is -0.140. The van der Waals surface area contributed by atoms with Crippen LogP contribution in [0.3, 0.4) is 0 Å². The zero-order valence-electron chi connectivity index (χ0n) is 13.5. The Hall–Kier alpha value is -2.04. The zero-order valence-corrected chi connectivity index (χ0v) is 13.5. The van der Waals surface area contributed by atoms with Crippen molar-refractivity contribution in [1.29, 1.82) is 0 Å². The maximum atomic E-state index is 10.9. The highest BCUT2D eigenvalue weighted by atomic mass is 16.5. The van der Waals surface area contributed by atoms with Gasteiger partial charge in [-0.05, 0) is 18.6 Å². The largest absolute Gasteiger partial charge is 0.493 e. The second-order valence-electron chi connectivity index (χ2n) is 5.20. The quantitative estimate of drug-likeness (QED) is 0.707. The molecule has 0 aliphatic heterocycles. The number of para-hydroxylation sites is 1. The molecule has 1 aromatic rings. The summed E-state index contributed by atoms with van der Waals surface area (Å²) >= 11 is 0. The number of aliphatic carboxylic acids is 1. The fourth-order valence-electron chi connectivity index (χ4n) is 1.48. The number of rotatable bonds is 8. The standard InChI is InChI=1S/C13H18O3.C4H8O2/c1-2-3-4-7-10-16-12-9-6-5-8-11(12)13(14)15;1-3(2)4(5)6/h5-6,8-9H,2-4,7,10H2,1H3,(H,14,15);3H,1-2H3,(H,5,6). The second kappa shape index (κ2) is 11.6. The van der Waals surface area contributed by atoms with Gasteiger partial charge in [-0.15, -0.1) is 0 Å². The molecule has 0 aliphatic rings. The summed E-state index contributed by atoms with van der Waals surface area (Å²) in [5.74, 6) is -1.45. The van der Waals surface area contributed by atoms with Crippen molar-refractivity contribution in [3.8, 4) is 5.75 Å². The van der Waals surface area contributed by atoms with Crippen LogP contribution in [-0.2, 0) is 4.79 Å². The van der Waals surface area contributed by atoms with E-state index in [1.807, 2.05) is 0 Å². The van der Waals surface area contributed by atoms with Gasteiger partial charge in [-0.3, -0.25) is 4.79 Å². The van der Waals surface area contributed by atoms with Crippen molar-refractivity contribution in [1.82, 2.24) is 0 Å². The molecule has 0 saturated carbocycles. The van der Waals surface area contributed by atoms with Gasteiger partial charge in [0.1, 0.15) is 11.3 Å². The van der Waals surface area contributed by atoms with Crippen LogP contribution in [0.4, 0.5) is 0 Å². The molecule has 0 fully saturated rings. The fraction of sp³-hybridized carbons (Fsp3) is 0.529. The van der Waals surface area contributed by atoms with Gasteiger partial charge in [0.2, 0.25) is 0 Å². The summed E-state index contributed by atoms with van der Waals surface area (Å²) in [7, 11) is 0. The monoisotopic (exact) mass is 310 g/mol. The lowest BCUT2D eigenvalue weighted by Crippen LogP contribution is -2.04. The third-order valence-electron chi connectivity index (χ3n) is 2.87. The Labute approximate surface area is 131 Å². The van der Waals surface area contributed by atoms with E-state index in [1.54, 1.807) is 38.1 Å². The molecule has 0 bridgehead atoms. The van der Waals surface area contributed by atoms with Crippen LogP contribution in [0, 0.1) is 5.92 Å². The Bertz CT molecular complexity index is 454. The smallest absolute Gasteiger partial charge is 0.339 e. The maximum absolute atomic E-state index is 10.9. The number of hydrogen-bond donors (Lipinski definition) is 2. The number of carbonyl (C=O) groups is 2. The molecule has 0 amide bonds. The van der Waals surface area contributed by atoms with Gasteiger partial charge in [0.05, 0.1) is 12.5 Å². The molecule has 22 heavy (non-hydrogen) atoms. The van der Waals surface area contributed by atoms with Gasteiger partial charge in [0, 0.05) is 0 Å². The van der Waals surface area contributed by atoms with Crippen molar-refractivity contribution in [3.05, 3.63) is 29.8 Å². The highest BCUT2D eigenvalue weighted by molar-refractivity contribution is 5.90. The third-order valence-corrected chi connectivity index (χ3v) is 2.87. The minimum absolute atomic E-state index is 0.231. The van der Waals surface area contributed by atoms with E-state index in [2.05, 4.69) is 6.92 Å². The molecule has 0 unspecified atom stereocenters. The molecule has 0 radical (unpaired) electrons. The van der Waals surface area contributed by atoms with Crippen LogP contribution in [0.15, 0.2) is 24.3 Å². The normalized spacial score (nSPS) is 9.82. The lowest BCUT2D eigenvalue weighted by Gasteiger charge is -2.08. The summed E-state index contributed by atoms with van der Waals surface area (Å²) < 4.78 is 5.46. The van der Waals surface area contributed by atoms with Crippen molar-refractivity contribution in [2.75, 3.05) is 6.61 Å². The van der Waals surface area contributed by atoms with Crippen molar-refractivity contribution in [2.45, 2.75) is 46.5 Å². The highest BCUT2D eigenvalue weighted by Gasteiger charge is 2.09. The van der Waals surface area contributed by atoms with Crippen LogP contribution in [0.2, 0.25) is 0 Å². The minimum Gasteiger partial charge on any atom is -0.493 e. The van der Waals surface area contributed by atoms with Crippen molar-refractivity contribution in [2.24, 2.45) is 5.92 Å². The number of benzene rings is 1. The van der Waals surface area contributed by atoms with E-state index in [0.29, 0.717) is 12.4 Å². The van der Waals surface area contributed by atoms with Crippen LogP contribution >= 0.6 is 0 Å². The van der Waals surface area contributed by atoms with Gasteiger partial charge in [0.25, 0.3) is 0 Å². The van der Waals surface area contributed by atoms with Gasteiger partial charge in [0.15, 0.2) is 0 Å². The highest BCUT2D eigenvalue weighted by Crippen LogP contribution is 2.18. The SMILES string of the molecule is CC(C)C(=O)O.CCCCCCOc1ccccc1C(=O)O. The summed E-state index contributed by atoms with van der Waals surface area (Å²) in [6.45, 7) is 6.02. The Morgan fingerprint density at radius 3 is 2.18 bits per heavy atom. The molecular formula is C17H26O5. The molecule has 0 heterocycles. The number of hydrogen-bond acceptors (Lipinski definition) is 3. The first-order valence-electron chi connectivity index (χ1n) is 7.58. The molecule has 5 heteroatoms. The lowest BCUT2D eigenvalue weighted by atomic mass is 10.2. The molecule has 1 rings (SSSR count). The van der Waals surface area contributed by atoms with Crippen LogP contribution in [-0.4, -0.2) is 28.8 Å². The van der Waals surface area contributed by atoms with Crippen molar-refractivity contribution < 1.29 is 24.5 Å². The van der Waals surface area contributed by atoms with E-state index in [9.17, 15) is 9.59 Å².